The van der Waals surface area contributed by atoms with E-state index in [1.54, 1.807) is 6.92 Å². The Kier molecular flexibility index (Phi) is 3.75. The number of rotatable bonds is 3. The number of aromatic amines is 1. The number of nitrogens with zero attached hydrogens (tertiary/aromatic N) is 2. The molecule has 1 saturated heterocycles. The summed E-state index contributed by atoms with van der Waals surface area (Å²) in [6.45, 7) is 5.89. The summed E-state index contributed by atoms with van der Waals surface area (Å²) in [5.74, 6) is -0.425. The lowest BCUT2D eigenvalue weighted by Gasteiger charge is -2.26. The smallest absolute Gasteiger partial charge is 0.346 e. The van der Waals surface area contributed by atoms with E-state index in [4.69, 9.17) is 5.11 Å². The van der Waals surface area contributed by atoms with Crippen molar-refractivity contribution in [1.82, 2.24) is 20.2 Å². The van der Waals surface area contributed by atoms with E-state index in [-0.39, 0.29) is 10.4 Å². The van der Waals surface area contributed by atoms with Crippen molar-refractivity contribution in [3.8, 4) is 0 Å². The Morgan fingerprint density at radius 2 is 2.14 bits per heavy atom. The molecular weight excluding hydrogens is 292 g/mol. The number of aromatic carboxylic acids is 1. The molecule has 0 saturated carbocycles. The van der Waals surface area contributed by atoms with Crippen LogP contribution in [0.25, 0.3) is 10.2 Å². The summed E-state index contributed by atoms with van der Waals surface area (Å²) in [6.07, 6.45) is 0. The van der Waals surface area contributed by atoms with Gasteiger partial charge < -0.3 is 15.4 Å². The number of carboxylic acids is 1. The van der Waals surface area contributed by atoms with Crippen LogP contribution in [0.3, 0.4) is 0 Å². The van der Waals surface area contributed by atoms with Gasteiger partial charge in [-0.25, -0.2) is 9.78 Å². The van der Waals surface area contributed by atoms with Gasteiger partial charge in [0.1, 0.15) is 15.5 Å². The van der Waals surface area contributed by atoms with Gasteiger partial charge in [0.2, 0.25) is 0 Å². The maximum Gasteiger partial charge on any atom is 0.346 e. The largest absolute Gasteiger partial charge is 0.477 e. The molecule has 0 bridgehead atoms. The third-order valence-electron chi connectivity index (χ3n) is 3.63. The monoisotopic (exact) mass is 308 g/mol. The van der Waals surface area contributed by atoms with Crippen molar-refractivity contribution in [1.29, 1.82) is 0 Å². The van der Waals surface area contributed by atoms with Gasteiger partial charge in [-0.05, 0) is 12.5 Å². The number of piperazine rings is 1. The molecule has 0 radical (unpaired) electrons. The number of hydrogen-bond donors (Lipinski definition) is 3. The molecular formula is C13H16N4O3S. The van der Waals surface area contributed by atoms with E-state index in [0.29, 0.717) is 28.1 Å². The third kappa shape index (κ3) is 2.69. The first kappa shape index (κ1) is 14.2. The van der Waals surface area contributed by atoms with Gasteiger partial charge >= 0.3 is 5.97 Å². The van der Waals surface area contributed by atoms with Crippen LogP contribution in [0.15, 0.2) is 4.79 Å². The molecule has 1 aliphatic rings. The van der Waals surface area contributed by atoms with Crippen molar-refractivity contribution < 1.29 is 9.90 Å². The molecule has 8 heteroatoms. The normalized spacial score (nSPS) is 16.4. The lowest BCUT2D eigenvalue weighted by atomic mass is 10.2. The molecule has 3 rings (SSSR count). The number of hydrogen-bond acceptors (Lipinski definition) is 6. The fourth-order valence-corrected chi connectivity index (χ4v) is 3.59. The summed E-state index contributed by atoms with van der Waals surface area (Å²) in [6, 6.07) is 0. The van der Waals surface area contributed by atoms with Crippen LogP contribution in [0.5, 0.6) is 0 Å². The summed E-state index contributed by atoms with van der Waals surface area (Å²) >= 11 is 1.06. The quantitative estimate of drug-likeness (QED) is 0.759. The molecule has 21 heavy (non-hydrogen) atoms. The molecule has 3 N–H and O–H groups in total. The highest BCUT2D eigenvalue weighted by molar-refractivity contribution is 7.20. The second kappa shape index (κ2) is 5.55. The molecule has 0 atom stereocenters. The highest BCUT2D eigenvalue weighted by Gasteiger charge is 2.19. The van der Waals surface area contributed by atoms with Crippen LogP contribution in [-0.2, 0) is 6.54 Å². The Balaban J connectivity index is 1.98. The summed E-state index contributed by atoms with van der Waals surface area (Å²) in [7, 11) is 0. The van der Waals surface area contributed by atoms with Crippen LogP contribution in [0.1, 0.15) is 21.1 Å². The average Bonchev–Trinajstić information content (AvgIpc) is 2.77. The molecule has 1 fully saturated rings. The average molecular weight is 308 g/mol. The van der Waals surface area contributed by atoms with E-state index in [2.05, 4.69) is 20.2 Å². The van der Waals surface area contributed by atoms with Gasteiger partial charge in [0.15, 0.2) is 0 Å². The number of H-pyrrole nitrogens is 1. The van der Waals surface area contributed by atoms with Crippen molar-refractivity contribution in [3.05, 3.63) is 26.6 Å². The molecule has 7 nitrogen and oxygen atoms in total. The van der Waals surface area contributed by atoms with Crippen molar-refractivity contribution >= 4 is 27.5 Å². The number of thiophene rings is 1. The zero-order valence-electron chi connectivity index (χ0n) is 11.6. The Bertz CT molecular complexity index is 746. The Morgan fingerprint density at radius 3 is 2.81 bits per heavy atom. The Labute approximate surface area is 124 Å². The maximum absolute atomic E-state index is 12.2. The standard InChI is InChI=1S/C13H16N4O3S/c1-7-9-11(18)15-8(6-17-4-2-14-3-5-17)16-12(9)21-10(7)13(19)20/h14H,2-6H2,1H3,(H,19,20)(H,15,16,18). The molecule has 0 amide bonds. The van der Waals surface area contributed by atoms with E-state index in [1.807, 2.05) is 0 Å². The highest BCUT2D eigenvalue weighted by atomic mass is 32.1. The van der Waals surface area contributed by atoms with E-state index in [0.717, 1.165) is 37.5 Å². The van der Waals surface area contributed by atoms with Crippen LogP contribution in [0.4, 0.5) is 0 Å². The van der Waals surface area contributed by atoms with Gasteiger partial charge in [0.25, 0.3) is 5.56 Å². The van der Waals surface area contributed by atoms with E-state index in [1.165, 1.54) is 0 Å². The van der Waals surface area contributed by atoms with Crippen molar-refractivity contribution in [3.63, 3.8) is 0 Å². The highest BCUT2D eigenvalue weighted by Crippen LogP contribution is 2.26. The number of fused-ring (bicyclic) bond motifs is 1. The molecule has 0 unspecified atom stereocenters. The lowest BCUT2D eigenvalue weighted by molar-refractivity contribution is 0.0701. The van der Waals surface area contributed by atoms with Gasteiger partial charge in [-0.2, -0.15) is 0 Å². The zero-order valence-corrected chi connectivity index (χ0v) is 12.4. The fraction of sp³-hybridized carbons (Fsp3) is 0.462. The first-order valence-electron chi connectivity index (χ1n) is 6.75. The van der Waals surface area contributed by atoms with Gasteiger partial charge in [-0.15, -0.1) is 11.3 Å². The Morgan fingerprint density at radius 1 is 1.43 bits per heavy atom. The minimum Gasteiger partial charge on any atom is -0.477 e. The number of aromatic nitrogens is 2. The molecule has 0 aromatic carbocycles. The van der Waals surface area contributed by atoms with Crippen LogP contribution in [0.2, 0.25) is 0 Å². The zero-order chi connectivity index (χ0) is 15.0. The fourth-order valence-electron chi connectivity index (χ4n) is 2.55. The van der Waals surface area contributed by atoms with Crippen LogP contribution < -0.4 is 10.9 Å². The topological polar surface area (TPSA) is 98.3 Å². The maximum atomic E-state index is 12.2. The summed E-state index contributed by atoms with van der Waals surface area (Å²) < 4.78 is 0. The van der Waals surface area contributed by atoms with Gasteiger partial charge in [0.05, 0.1) is 11.9 Å². The first-order chi connectivity index (χ1) is 10.1. The SMILES string of the molecule is Cc1c(C(=O)O)sc2nc(CN3CCNCC3)[nH]c(=O)c12. The Hall–Kier alpha value is -1.77. The number of nitrogens with one attached hydrogen (secondary N) is 2. The molecule has 3 heterocycles. The van der Waals surface area contributed by atoms with Gasteiger partial charge in [-0.1, -0.05) is 0 Å². The molecule has 2 aromatic heterocycles. The first-order valence-corrected chi connectivity index (χ1v) is 7.56. The third-order valence-corrected chi connectivity index (χ3v) is 4.80. The van der Waals surface area contributed by atoms with E-state index >= 15 is 0 Å². The molecule has 0 spiro atoms. The number of aryl methyl sites for hydroxylation is 1. The molecule has 0 aliphatic carbocycles. The molecule has 2 aromatic rings. The summed E-state index contributed by atoms with van der Waals surface area (Å²) in [5, 5.41) is 12.8. The summed E-state index contributed by atoms with van der Waals surface area (Å²) in [5.41, 5.74) is 0.233. The summed E-state index contributed by atoms with van der Waals surface area (Å²) in [4.78, 5) is 33.4. The van der Waals surface area contributed by atoms with Gasteiger partial charge in [0, 0.05) is 26.2 Å². The van der Waals surface area contributed by atoms with Crippen LogP contribution in [-0.4, -0.2) is 52.1 Å². The minimum absolute atomic E-state index is 0.183. The second-order valence-electron chi connectivity index (χ2n) is 5.08. The molecule has 112 valence electrons. The van der Waals surface area contributed by atoms with Gasteiger partial charge in [-0.3, -0.25) is 9.69 Å². The number of carbonyl (C=O) groups is 1. The van der Waals surface area contributed by atoms with Crippen molar-refractivity contribution in [2.75, 3.05) is 26.2 Å². The van der Waals surface area contributed by atoms with E-state index in [9.17, 15) is 9.59 Å². The molecule has 1 aliphatic heterocycles. The van der Waals surface area contributed by atoms with Crippen LogP contribution >= 0.6 is 11.3 Å². The second-order valence-corrected chi connectivity index (χ2v) is 6.08. The van der Waals surface area contributed by atoms with Crippen LogP contribution in [0, 0.1) is 6.92 Å². The predicted molar refractivity (Wildman–Crippen MR) is 80.1 cm³/mol. The van der Waals surface area contributed by atoms with Crippen molar-refractivity contribution in [2.45, 2.75) is 13.5 Å². The lowest BCUT2D eigenvalue weighted by Crippen LogP contribution is -2.43. The number of carboxylic acid groups (broad SMARTS) is 1. The van der Waals surface area contributed by atoms with E-state index < -0.39 is 5.97 Å². The van der Waals surface area contributed by atoms with Crippen molar-refractivity contribution in [2.24, 2.45) is 0 Å². The predicted octanol–water partition coefficient (Wildman–Crippen LogP) is 0.396. The minimum atomic E-state index is -1.02.